The molecule has 7 heteroatoms. The smallest absolute Gasteiger partial charge is 0.266 e. The van der Waals surface area contributed by atoms with Crippen LogP contribution in [0.5, 0.6) is 5.75 Å². The Bertz CT molecular complexity index is 741. The van der Waals surface area contributed by atoms with Crippen molar-refractivity contribution in [2.45, 2.75) is 25.6 Å². The van der Waals surface area contributed by atoms with Gasteiger partial charge >= 0.3 is 0 Å². The molecule has 146 valence electrons. The summed E-state index contributed by atoms with van der Waals surface area (Å²) in [6.45, 7) is 6.91. The molecule has 1 saturated heterocycles. The molecular formula is C20H25ClN2O3S. The highest BCUT2D eigenvalue weighted by molar-refractivity contribution is 7.10. The Kier molecular flexibility index (Phi) is 6.42. The van der Waals surface area contributed by atoms with E-state index in [1.54, 1.807) is 49.4 Å². The second-order valence-corrected chi connectivity index (χ2v) is 8.61. The maximum absolute atomic E-state index is 12.9. The van der Waals surface area contributed by atoms with Gasteiger partial charge in [0.05, 0.1) is 0 Å². The van der Waals surface area contributed by atoms with Gasteiger partial charge in [-0.05, 0) is 49.6 Å². The first-order valence-electron chi connectivity index (χ1n) is 9.03. The summed E-state index contributed by atoms with van der Waals surface area (Å²) in [6, 6.07) is 10.9. The van der Waals surface area contributed by atoms with Gasteiger partial charge in [-0.1, -0.05) is 17.7 Å². The Balaban J connectivity index is 1.52. The maximum Gasteiger partial charge on any atom is 0.266 e. The van der Waals surface area contributed by atoms with E-state index in [4.69, 9.17) is 16.3 Å². The molecule has 1 aliphatic heterocycles. The SMILES string of the molecule is CC(C)(Oc1ccc(Cl)cc1)C(=O)N1CCN(CC(O)c2cccs2)CC1. The van der Waals surface area contributed by atoms with Crippen molar-refractivity contribution < 1.29 is 14.6 Å². The quantitative estimate of drug-likeness (QED) is 0.795. The largest absolute Gasteiger partial charge is 0.478 e. The van der Waals surface area contributed by atoms with Gasteiger partial charge < -0.3 is 14.7 Å². The van der Waals surface area contributed by atoms with Crippen LogP contribution in [0.2, 0.25) is 5.02 Å². The van der Waals surface area contributed by atoms with Gasteiger partial charge in [0.15, 0.2) is 5.60 Å². The fraction of sp³-hybridized carbons (Fsp3) is 0.450. The number of carbonyl (C=O) groups is 1. The first-order valence-corrected chi connectivity index (χ1v) is 10.3. The molecule has 1 aromatic carbocycles. The molecule has 0 aliphatic carbocycles. The highest BCUT2D eigenvalue weighted by atomic mass is 35.5. The van der Waals surface area contributed by atoms with Crippen molar-refractivity contribution in [2.24, 2.45) is 0 Å². The van der Waals surface area contributed by atoms with Crippen LogP contribution in [0.3, 0.4) is 0 Å². The molecule has 0 bridgehead atoms. The Morgan fingerprint density at radius 3 is 2.48 bits per heavy atom. The zero-order chi connectivity index (χ0) is 19.4. The number of aliphatic hydroxyl groups is 1. The maximum atomic E-state index is 12.9. The lowest BCUT2D eigenvalue weighted by Gasteiger charge is -2.39. The molecule has 1 aliphatic rings. The third kappa shape index (κ3) is 5.23. The van der Waals surface area contributed by atoms with E-state index in [0.717, 1.165) is 18.0 Å². The third-order valence-corrected chi connectivity index (χ3v) is 5.89. The minimum Gasteiger partial charge on any atom is -0.478 e. The summed E-state index contributed by atoms with van der Waals surface area (Å²) >= 11 is 7.46. The number of β-amino-alcohol motifs (C(OH)–C–C–N with tert-alkyl or cyclic N) is 1. The molecule has 1 fully saturated rings. The lowest BCUT2D eigenvalue weighted by molar-refractivity contribution is -0.147. The number of nitrogens with zero attached hydrogens (tertiary/aromatic N) is 2. The first kappa shape index (κ1) is 20.1. The van der Waals surface area contributed by atoms with E-state index in [2.05, 4.69) is 4.90 Å². The van der Waals surface area contributed by atoms with Crippen LogP contribution in [0.1, 0.15) is 24.8 Å². The third-order valence-electron chi connectivity index (χ3n) is 4.66. The van der Waals surface area contributed by atoms with E-state index in [1.165, 1.54) is 0 Å². The minimum absolute atomic E-state index is 0.0316. The van der Waals surface area contributed by atoms with Crippen LogP contribution < -0.4 is 4.74 Å². The van der Waals surface area contributed by atoms with Gasteiger partial charge in [0, 0.05) is 42.6 Å². The van der Waals surface area contributed by atoms with Crippen molar-refractivity contribution in [3.8, 4) is 5.75 Å². The predicted molar refractivity (Wildman–Crippen MR) is 108 cm³/mol. The van der Waals surface area contributed by atoms with Crippen LogP contribution in [0.15, 0.2) is 41.8 Å². The predicted octanol–water partition coefficient (Wildman–Crippen LogP) is 3.44. The molecule has 0 spiro atoms. The summed E-state index contributed by atoms with van der Waals surface area (Å²) in [5.74, 6) is 0.589. The number of hydrogen-bond donors (Lipinski definition) is 1. The minimum atomic E-state index is -0.952. The fourth-order valence-electron chi connectivity index (χ4n) is 3.17. The van der Waals surface area contributed by atoms with Gasteiger partial charge in [0.1, 0.15) is 11.9 Å². The number of aliphatic hydroxyl groups excluding tert-OH is 1. The number of hydrogen-bond acceptors (Lipinski definition) is 5. The number of amides is 1. The number of piperazine rings is 1. The average molecular weight is 409 g/mol. The van der Waals surface area contributed by atoms with Gasteiger partial charge in [-0.3, -0.25) is 9.69 Å². The van der Waals surface area contributed by atoms with Gasteiger partial charge in [-0.25, -0.2) is 0 Å². The lowest BCUT2D eigenvalue weighted by Crippen LogP contribution is -2.56. The summed E-state index contributed by atoms with van der Waals surface area (Å²) in [6.07, 6.45) is -0.475. The highest BCUT2D eigenvalue weighted by Gasteiger charge is 2.36. The average Bonchev–Trinajstić information content (AvgIpc) is 3.18. The van der Waals surface area contributed by atoms with Crippen molar-refractivity contribution in [3.63, 3.8) is 0 Å². The summed E-state index contributed by atoms with van der Waals surface area (Å²) in [7, 11) is 0. The standard InChI is InChI=1S/C20H25ClN2O3S/c1-20(2,26-16-7-5-15(21)6-8-16)19(25)23-11-9-22(10-12-23)14-17(24)18-4-3-13-27-18/h3-8,13,17,24H,9-12,14H2,1-2H3. The number of ether oxygens (including phenoxy) is 1. The number of benzene rings is 1. The van der Waals surface area contributed by atoms with Crippen LogP contribution >= 0.6 is 22.9 Å². The normalized spacial score (nSPS) is 17.0. The summed E-state index contributed by atoms with van der Waals surface area (Å²) in [4.78, 5) is 17.9. The van der Waals surface area contributed by atoms with E-state index >= 15 is 0 Å². The van der Waals surface area contributed by atoms with E-state index in [0.29, 0.717) is 30.4 Å². The van der Waals surface area contributed by atoms with Crippen LogP contribution in [0.25, 0.3) is 0 Å². The molecule has 5 nitrogen and oxygen atoms in total. The van der Waals surface area contributed by atoms with Crippen LogP contribution in [-0.2, 0) is 4.79 Å². The molecule has 1 atom stereocenters. The van der Waals surface area contributed by atoms with Crippen LogP contribution in [0, 0.1) is 0 Å². The van der Waals surface area contributed by atoms with Gasteiger partial charge in [0.2, 0.25) is 0 Å². The van der Waals surface area contributed by atoms with Gasteiger partial charge in [0.25, 0.3) is 5.91 Å². The molecule has 0 radical (unpaired) electrons. The van der Waals surface area contributed by atoms with E-state index in [-0.39, 0.29) is 5.91 Å². The second-order valence-electron chi connectivity index (χ2n) is 7.19. The van der Waals surface area contributed by atoms with Gasteiger partial charge in [-0.2, -0.15) is 0 Å². The Morgan fingerprint density at radius 1 is 1.22 bits per heavy atom. The Morgan fingerprint density at radius 2 is 1.89 bits per heavy atom. The molecule has 2 aromatic rings. The van der Waals surface area contributed by atoms with E-state index in [9.17, 15) is 9.90 Å². The molecule has 3 rings (SSSR count). The molecule has 27 heavy (non-hydrogen) atoms. The Labute approximate surface area is 169 Å². The van der Waals surface area contributed by atoms with Crippen molar-refractivity contribution >= 4 is 28.8 Å². The monoisotopic (exact) mass is 408 g/mol. The first-order chi connectivity index (χ1) is 12.8. The second kappa shape index (κ2) is 8.61. The number of rotatable bonds is 6. The van der Waals surface area contributed by atoms with E-state index in [1.807, 2.05) is 22.4 Å². The molecule has 2 heterocycles. The number of halogens is 1. The summed E-state index contributed by atoms with van der Waals surface area (Å²) in [5, 5.41) is 12.9. The highest BCUT2D eigenvalue weighted by Crippen LogP contribution is 2.24. The molecule has 0 saturated carbocycles. The number of carbonyl (C=O) groups excluding carboxylic acids is 1. The van der Waals surface area contributed by atoms with Crippen molar-refractivity contribution in [2.75, 3.05) is 32.7 Å². The Hall–Kier alpha value is -1.60. The van der Waals surface area contributed by atoms with Crippen molar-refractivity contribution in [1.82, 2.24) is 9.80 Å². The van der Waals surface area contributed by atoms with Crippen LogP contribution in [-0.4, -0.2) is 59.1 Å². The molecule has 1 unspecified atom stereocenters. The summed E-state index contributed by atoms with van der Waals surface area (Å²) in [5.41, 5.74) is -0.952. The van der Waals surface area contributed by atoms with Crippen molar-refractivity contribution in [1.29, 1.82) is 0 Å². The number of thiophene rings is 1. The lowest BCUT2D eigenvalue weighted by atomic mass is 10.1. The molecule has 1 aromatic heterocycles. The molecular weight excluding hydrogens is 384 g/mol. The van der Waals surface area contributed by atoms with E-state index < -0.39 is 11.7 Å². The summed E-state index contributed by atoms with van der Waals surface area (Å²) < 4.78 is 5.91. The zero-order valence-corrected chi connectivity index (χ0v) is 17.2. The topological polar surface area (TPSA) is 53.0 Å². The molecule has 1 N–H and O–H groups in total. The van der Waals surface area contributed by atoms with Gasteiger partial charge in [-0.15, -0.1) is 11.3 Å². The molecule has 1 amide bonds. The zero-order valence-electron chi connectivity index (χ0n) is 15.6. The fourth-order valence-corrected chi connectivity index (χ4v) is 4.00. The van der Waals surface area contributed by atoms with Crippen LogP contribution in [0.4, 0.5) is 0 Å². The van der Waals surface area contributed by atoms with Crippen molar-refractivity contribution in [3.05, 3.63) is 51.7 Å².